The van der Waals surface area contributed by atoms with E-state index in [2.05, 4.69) is 57.2 Å². The molecule has 1 fully saturated rings. The van der Waals surface area contributed by atoms with E-state index in [0.29, 0.717) is 84.8 Å². The first-order valence-electron chi connectivity index (χ1n) is 34.8. The zero-order chi connectivity index (χ0) is 71.1. The Morgan fingerprint density at radius 3 is 2.16 bits per heavy atom. The molecule has 11 rings (SSSR count). The molecule has 5 aromatic rings. The number of nitrogens with one attached hydrogen (secondary N) is 4. The van der Waals surface area contributed by atoms with Crippen LogP contribution in [0.25, 0.3) is 16.7 Å². The number of aliphatic hydroxyl groups is 1. The number of nitrogens with zero attached hydrogens (tertiary/aromatic N) is 6. The van der Waals surface area contributed by atoms with E-state index < -0.39 is 91.9 Å². The summed E-state index contributed by atoms with van der Waals surface area (Å²) in [5.41, 5.74) is 12.4. The lowest BCUT2D eigenvalue weighted by atomic mass is 9.82. The Morgan fingerprint density at radius 2 is 1.45 bits per heavy atom. The van der Waals surface area contributed by atoms with Crippen molar-refractivity contribution < 1.29 is 83.9 Å². The molecule has 6 aliphatic heterocycles. The lowest BCUT2D eigenvalue weighted by Gasteiger charge is -2.39. The Kier molecular flexibility index (Phi) is 23.7. The maximum Gasteiger partial charge on any atom is 0.408 e. The topological polar surface area (TPSA) is 378 Å². The summed E-state index contributed by atoms with van der Waals surface area (Å²) < 4.78 is 121. The number of fused-ring (bicyclic) bond motifs is 5. The van der Waals surface area contributed by atoms with Gasteiger partial charge in [0.05, 0.1) is 56.8 Å². The van der Waals surface area contributed by atoms with Gasteiger partial charge in [0.2, 0.25) is 15.4 Å². The van der Waals surface area contributed by atoms with Gasteiger partial charge in [-0.2, -0.15) is 8.42 Å². The molecule has 546 valence electrons. The Morgan fingerprint density at radius 1 is 0.780 bits per heavy atom. The summed E-state index contributed by atoms with van der Waals surface area (Å²) in [4.78, 5) is 52.9. The summed E-state index contributed by atoms with van der Waals surface area (Å²) in [6.45, 7) is 16.9. The molecule has 6 aliphatic rings. The van der Waals surface area contributed by atoms with E-state index in [1.54, 1.807) is 52.2 Å². The van der Waals surface area contributed by atoms with E-state index in [-0.39, 0.29) is 74.1 Å². The van der Waals surface area contributed by atoms with E-state index in [1.807, 2.05) is 0 Å². The van der Waals surface area contributed by atoms with E-state index in [4.69, 9.17) is 43.6 Å². The number of aryl methyl sites for hydroxylation is 2. The Labute approximate surface area is 582 Å². The zero-order valence-corrected chi connectivity index (χ0v) is 59.5. The normalized spacial score (nSPS) is 19.5. The number of aromatic nitrogens is 4. The quantitative estimate of drug-likeness (QED) is 0.0166. The molecule has 2 amide bonds. The highest BCUT2D eigenvalue weighted by molar-refractivity contribution is 7.88. The number of nitrogen functional groups attached to an aromatic ring is 1. The van der Waals surface area contributed by atoms with Crippen LogP contribution in [0.2, 0.25) is 0 Å². The third kappa shape index (κ3) is 18.0. The van der Waals surface area contributed by atoms with Crippen molar-refractivity contribution in [2.24, 2.45) is 0 Å². The number of carbonyl (C=O) groups excluding carboxylic acids is 2. The molecular formula is C69H96N11O18S2+. The van der Waals surface area contributed by atoms with Gasteiger partial charge in [-0.05, 0) is 148 Å². The van der Waals surface area contributed by atoms with Crippen molar-refractivity contribution in [2.45, 2.75) is 183 Å². The van der Waals surface area contributed by atoms with Crippen molar-refractivity contribution in [1.29, 1.82) is 0 Å². The van der Waals surface area contributed by atoms with Gasteiger partial charge in [-0.15, -0.1) is 0 Å². The summed E-state index contributed by atoms with van der Waals surface area (Å²) in [5.74, 6) is -0.365. The van der Waals surface area contributed by atoms with Gasteiger partial charge in [0, 0.05) is 97.0 Å². The second kappa shape index (κ2) is 32.0. The van der Waals surface area contributed by atoms with Gasteiger partial charge in [0.25, 0.3) is 10.1 Å². The van der Waals surface area contributed by atoms with Crippen LogP contribution in [0.15, 0.2) is 47.9 Å². The predicted molar refractivity (Wildman–Crippen MR) is 369 cm³/mol. The molecule has 31 heteroatoms. The van der Waals surface area contributed by atoms with Gasteiger partial charge in [-0.3, -0.25) is 9.12 Å². The first-order chi connectivity index (χ1) is 47.7. The van der Waals surface area contributed by atoms with Crippen molar-refractivity contribution in [2.75, 3.05) is 103 Å². The van der Waals surface area contributed by atoms with E-state index in [9.17, 15) is 46.0 Å². The van der Waals surface area contributed by atoms with E-state index in [0.717, 1.165) is 99.8 Å². The van der Waals surface area contributed by atoms with Crippen LogP contribution >= 0.6 is 0 Å². The standard InChI is InChI=1S/C69H95N11O18S2/c1-68(2,3)97-66(84)76-45(20-21-50(65(82)83)77-67(85)98-69(4,5)6)38-51-58(81)61(64(95-51)80-41-74-55-62(70)72-40-73-63(55)80)94-31-24-71-22-12-29-91-32-34-93-35-33-92-30-13-23-75-99(86,87)39-44-14-7-19-52(100(88,89)90)53(44)54-48-36-42-15-8-25-78-27-10-17-46(56(42)78)59(48)96-60-47-18-11-28-79-26-9-16-43(57(47)79)37-49(54)60/h7,14,19,36-37,40-41,45,50-51,58,61,64,71,75,81H,8-13,15-18,20-35,38-39H2,1-6H3,(H5-,70,72,73,76,77,82,83,84,85,88,89,90)/p+1. The van der Waals surface area contributed by atoms with Gasteiger partial charge in [0.1, 0.15) is 70.8 Å². The third-order valence-electron chi connectivity index (χ3n) is 18.4. The molecule has 0 radical (unpaired) electrons. The first kappa shape index (κ1) is 74.0. The first-order valence-corrected chi connectivity index (χ1v) is 37.8. The van der Waals surface area contributed by atoms with Crippen molar-refractivity contribution in [3.05, 3.63) is 92.5 Å². The highest BCUT2D eigenvalue weighted by Gasteiger charge is 2.48. The van der Waals surface area contributed by atoms with Crippen LogP contribution in [-0.2, 0) is 89.5 Å². The molecule has 0 spiro atoms. The highest BCUT2D eigenvalue weighted by atomic mass is 32.2. The number of rotatable bonds is 32. The predicted octanol–water partition coefficient (Wildman–Crippen LogP) is 4.31. The number of carboxylic acids is 1. The molecule has 3 aromatic carbocycles. The summed E-state index contributed by atoms with van der Waals surface area (Å²) in [6.07, 6.45) is 4.78. The highest BCUT2D eigenvalue weighted by Crippen LogP contribution is 2.50. The van der Waals surface area contributed by atoms with Gasteiger partial charge in [-0.25, -0.2) is 47.1 Å². The maximum absolute atomic E-state index is 14.1. The van der Waals surface area contributed by atoms with Crippen LogP contribution < -0.4 is 51.2 Å². The number of amides is 2. The summed E-state index contributed by atoms with van der Waals surface area (Å²) in [5, 5.41) is 32.3. The minimum absolute atomic E-state index is 0.0170. The van der Waals surface area contributed by atoms with Crippen molar-refractivity contribution in [3.8, 4) is 11.5 Å². The molecule has 0 aliphatic carbocycles. The lowest BCUT2D eigenvalue weighted by Crippen LogP contribution is -2.46. The Balaban J connectivity index is 0.624. The Bertz CT molecular complexity index is 4170. The molecule has 2 aromatic heterocycles. The van der Waals surface area contributed by atoms with Crippen LogP contribution in [0.3, 0.4) is 0 Å². The van der Waals surface area contributed by atoms with Crippen molar-refractivity contribution >= 4 is 66.5 Å². The number of ether oxygens (including phenoxy) is 8. The molecule has 0 saturated carbocycles. The minimum atomic E-state index is -4.87. The van der Waals surface area contributed by atoms with Gasteiger partial charge in [-0.1, -0.05) is 12.1 Å². The van der Waals surface area contributed by atoms with E-state index in [1.165, 1.54) is 35.8 Å². The number of carboxylic acid groups (broad SMARTS) is 1. The fourth-order valence-electron chi connectivity index (χ4n) is 14.3. The van der Waals surface area contributed by atoms with Gasteiger partial charge in [0.15, 0.2) is 17.7 Å². The number of aliphatic carboxylic acids is 1. The van der Waals surface area contributed by atoms with Gasteiger partial charge < -0.3 is 74.7 Å². The monoisotopic (exact) mass is 1430 g/mol. The number of carbonyl (C=O) groups is 3. The van der Waals surface area contributed by atoms with E-state index >= 15 is 0 Å². The number of nitrogens with two attached hydrogens (primary N) is 1. The van der Waals surface area contributed by atoms with Crippen LogP contribution in [0, 0.1) is 0 Å². The fraction of sp³-hybridized carbons (Fsp3) is 0.609. The summed E-state index contributed by atoms with van der Waals surface area (Å²) in [6, 6.07) is 6.52. The number of alkyl carbamates (subject to hydrolysis) is 2. The minimum Gasteiger partial charge on any atom is -0.480 e. The zero-order valence-electron chi connectivity index (χ0n) is 57.8. The number of aliphatic hydroxyl groups excluding tert-OH is 1. The molecule has 6 atom stereocenters. The number of sulfonamides is 1. The molecule has 0 bridgehead atoms. The molecule has 29 nitrogen and oxygen atoms in total. The lowest BCUT2D eigenvalue weighted by molar-refractivity contribution is -0.139. The fourth-order valence-corrected chi connectivity index (χ4v) is 16.3. The number of imidazole rings is 1. The number of hydrogen-bond acceptors (Lipinski definition) is 22. The Hall–Kier alpha value is -7.17. The summed E-state index contributed by atoms with van der Waals surface area (Å²) in [7, 11) is -8.94. The summed E-state index contributed by atoms with van der Waals surface area (Å²) >= 11 is 0. The van der Waals surface area contributed by atoms with Crippen molar-refractivity contribution in [3.63, 3.8) is 0 Å². The second-order valence-corrected chi connectivity index (χ2v) is 31.4. The maximum atomic E-state index is 14.1. The van der Waals surface area contributed by atoms with Crippen LogP contribution in [0.1, 0.15) is 145 Å². The van der Waals surface area contributed by atoms with Crippen molar-refractivity contribution in [1.82, 2.24) is 44.8 Å². The molecule has 1 saturated heterocycles. The SMILES string of the molecule is CC(C)(C)OC(=O)NC(CCC(NC(=O)OC(C)(C)C)C(=O)O)CC1OC(n2cnc3c(N)ncnc32)C(OCCNCCCOCCOCCOCCCNS(=O)(=O)Cc2cccc(S(=O)(=O)O)c2C2=c3cc4c5c(c3Oc3c2cc2c6c3CCCN6CCC2)CCC[N+]=5CCC4)C1O. The van der Waals surface area contributed by atoms with Crippen LogP contribution in [0.4, 0.5) is 21.1 Å². The molecule has 8 heterocycles. The van der Waals surface area contributed by atoms with Crippen LogP contribution in [0.5, 0.6) is 11.5 Å². The smallest absolute Gasteiger partial charge is 0.408 e. The second-order valence-electron chi connectivity index (χ2n) is 28.2. The van der Waals surface area contributed by atoms with Crippen LogP contribution in [-0.4, -0.2) is 203 Å². The molecular weight excluding hydrogens is 1330 g/mol. The third-order valence-corrected chi connectivity index (χ3v) is 20.7. The molecule has 6 unspecified atom stereocenters. The average Bonchev–Trinajstić information content (AvgIpc) is 0.884. The number of anilines is 2. The molecule has 100 heavy (non-hydrogen) atoms. The number of hydrogen-bond donors (Lipinski definition) is 8. The number of benzene rings is 3. The van der Waals surface area contributed by atoms with Gasteiger partial charge >= 0.3 is 18.2 Å². The largest absolute Gasteiger partial charge is 0.480 e. The molecule has 9 N–H and O–H groups in total. The average molecular weight is 1430 g/mol.